The Kier molecular flexibility index (Phi) is 4.88. The molecule has 0 saturated carbocycles. The van der Waals surface area contributed by atoms with E-state index in [9.17, 15) is 9.90 Å². The molecule has 6 heteroatoms. The van der Waals surface area contributed by atoms with E-state index in [1.54, 1.807) is 29.2 Å². The number of aliphatic imine (C=N–C) groups is 1. The zero-order valence-corrected chi connectivity index (χ0v) is 13.7. The molecule has 0 radical (unpaired) electrons. The van der Waals surface area contributed by atoms with Crippen LogP contribution in [0.25, 0.3) is 6.08 Å². The molecule has 0 bridgehead atoms. The average molecular weight is 355 g/mol. The lowest BCUT2D eigenvalue weighted by Crippen LogP contribution is -2.28. The molecular formula is C14H15BrN2O2S. The van der Waals surface area contributed by atoms with Gasteiger partial charge in [0, 0.05) is 23.1 Å². The second-order valence-corrected chi connectivity index (χ2v) is 6.04. The number of benzene rings is 1. The zero-order chi connectivity index (χ0) is 14.7. The number of aromatic hydroxyl groups is 1. The molecular weight excluding hydrogens is 340 g/mol. The van der Waals surface area contributed by atoms with E-state index in [1.165, 1.54) is 11.8 Å². The maximum atomic E-state index is 12.3. The minimum Gasteiger partial charge on any atom is -0.507 e. The predicted molar refractivity (Wildman–Crippen MR) is 86.7 cm³/mol. The Bertz CT molecular complexity index is 599. The van der Waals surface area contributed by atoms with Gasteiger partial charge < -0.3 is 5.11 Å². The number of carbonyl (C=O) groups excluding carboxylic acids is 1. The van der Waals surface area contributed by atoms with Gasteiger partial charge in [0.15, 0.2) is 5.17 Å². The second kappa shape index (κ2) is 6.45. The molecule has 1 N–H and O–H groups in total. The maximum absolute atomic E-state index is 12.3. The van der Waals surface area contributed by atoms with Crippen LogP contribution in [0, 0.1) is 0 Å². The first kappa shape index (κ1) is 15.1. The van der Waals surface area contributed by atoms with Crippen LogP contribution in [0.3, 0.4) is 0 Å². The molecule has 1 aliphatic rings. The molecule has 4 nitrogen and oxygen atoms in total. The fourth-order valence-corrected chi connectivity index (χ4v) is 3.30. The van der Waals surface area contributed by atoms with Gasteiger partial charge in [-0.25, -0.2) is 0 Å². The Morgan fingerprint density at radius 2 is 2.20 bits per heavy atom. The number of amides is 1. The number of thioether (sulfide) groups is 1. The van der Waals surface area contributed by atoms with Gasteiger partial charge in [-0.15, -0.1) is 0 Å². The number of likely N-dealkylation sites (N-methyl/N-ethyl adjacent to an activating group) is 1. The number of nitrogens with zero attached hydrogens (tertiary/aromatic N) is 2. The molecule has 1 fully saturated rings. The van der Waals surface area contributed by atoms with Gasteiger partial charge in [-0.3, -0.25) is 14.7 Å². The first-order valence-corrected chi connectivity index (χ1v) is 7.92. The van der Waals surface area contributed by atoms with E-state index in [1.807, 2.05) is 13.8 Å². The van der Waals surface area contributed by atoms with Crippen molar-refractivity contribution in [2.45, 2.75) is 13.8 Å². The van der Waals surface area contributed by atoms with Crippen LogP contribution in [0.4, 0.5) is 0 Å². The zero-order valence-electron chi connectivity index (χ0n) is 11.3. The van der Waals surface area contributed by atoms with Gasteiger partial charge in [0.2, 0.25) is 0 Å². The lowest BCUT2D eigenvalue weighted by molar-refractivity contribution is -0.122. The third-order valence-corrected chi connectivity index (χ3v) is 4.31. The molecule has 2 rings (SSSR count). The Hall–Kier alpha value is -1.27. The summed E-state index contributed by atoms with van der Waals surface area (Å²) in [6, 6.07) is 5.13. The molecule has 1 aromatic rings. The molecule has 1 aliphatic heterocycles. The van der Waals surface area contributed by atoms with E-state index in [2.05, 4.69) is 20.9 Å². The number of hydrogen-bond donors (Lipinski definition) is 1. The first-order valence-electron chi connectivity index (χ1n) is 6.31. The molecule has 106 valence electrons. The van der Waals surface area contributed by atoms with Gasteiger partial charge in [-0.1, -0.05) is 15.9 Å². The topological polar surface area (TPSA) is 52.9 Å². The van der Waals surface area contributed by atoms with E-state index in [-0.39, 0.29) is 11.7 Å². The summed E-state index contributed by atoms with van der Waals surface area (Å²) in [5, 5.41) is 10.6. The fraction of sp³-hybridized carbons (Fsp3) is 0.286. The third-order valence-electron chi connectivity index (χ3n) is 2.77. The quantitative estimate of drug-likeness (QED) is 0.845. The summed E-state index contributed by atoms with van der Waals surface area (Å²) in [5.74, 6) is 0.0853. The smallest absolute Gasteiger partial charge is 0.266 e. The molecule has 1 amide bonds. The van der Waals surface area contributed by atoms with Gasteiger partial charge in [0.25, 0.3) is 5.91 Å². The lowest BCUT2D eigenvalue weighted by atomic mass is 10.2. The van der Waals surface area contributed by atoms with Crippen molar-refractivity contribution in [3.8, 4) is 5.75 Å². The molecule has 0 aromatic heterocycles. The summed E-state index contributed by atoms with van der Waals surface area (Å²) in [4.78, 5) is 18.8. The Balaban J connectivity index is 2.38. The summed E-state index contributed by atoms with van der Waals surface area (Å²) in [6.45, 7) is 5.09. The molecule has 0 unspecified atom stereocenters. The van der Waals surface area contributed by atoms with Crippen molar-refractivity contribution >= 4 is 44.8 Å². The van der Waals surface area contributed by atoms with Crippen LogP contribution >= 0.6 is 27.7 Å². The standard InChI is InChI=1S/C14H15BrN2O2S/c1-3-16-14-17(4-2)13(19)12(20-14)8-9-7-10(15)5-6-11(9)18/h5-8,18H,3-4H2,1-2H3/b12-8+,16-14?. The SMILES string of the molecule is CCN=C1S/C(=C/c2cc(Br)ccc2O)C(=O)N1CC. The molecule has 1 aromatic carbocycles. The highest BCUT2D eigenvalue weighted by Crippen LogP contribution is 2.34. The van der Waals surface area contributed by atoms with Crippen molar-refractivity contribution < 1.29 is 9.90 Å². The van der Waals surface area contributed by atoms with Crippen LogP contribution < -0.4 is 0 Å². The van der Waals surface area contributed by atoms with E-state index in [4.69, 9.17) is 0 Å². The van der Waals surface area contributed by atoms with E-state index < -0.39 is 0 Å². The lowest BCUT2D eigenvalue weighted by Gasteiger charge is -2.11. The van der Waals surface area contributed by atoms with Gasteiger partial charge >= 0.3 is 0 Å². The predicted octanol–water partition coefficient (Wildman–Crippen LogP) is 3.47. The number of carbonyl (C=O) groups is 1. The Morgan fingerprint density at radius 3 is 2.85 bits per heavy atom. The molecule has 0 atom stereocenters. The molecule has 0 aliphatic carbocycles. The highest BCUT2D eigenvalue weighted by atomic mass is 79.9. The molecule has 1 saturated heterocycles. The number of rotatable bonds is 3. The average Bonchev–Trinajstić information content (AvgIpc) is 2.70. The Labute approximate surface area is 130 Å². The molecule has 20 heavy (non-hydrogen) atoms. The number of phenolic OH excluding ortho intramolecular Hbond substituents is 1. The van der Waals surface area contributed by atoms with Crippen LogP contribution in [-0.4, -0.2) is 34.2 Å². The summed E-state index contributed by atoms with van der Waals surface area (Å²) in [5.41, 5.74) is 0.615. The third kappa shape index (κ3) is 3.07. The summed E-state index contributed by atoms with van der Waals surface area (Å²) < 4.78 is 0.854. The van der Waals surface area contributed by atoms with Crippen molar-refractivity contribution in [3.63, 3.8) is 0 Å². The molecule has 1 heterocycles. The number of phenols is 1. The second-order valence-electron chi connectivity index (χ2n) is 4.12. The van der Waals surface area contributed by atoms with Crippen LogP contribution in [0.5, 0.6) is 5.75 Å². The van der Waals surface area contributed by atoms with Gasteiger partial charge in [-0.2, -0.15) is 0 Å². The largest absolute Gasteiger partial charge is 0.507 e. The fourth-order valence-electron chi connectivity index (χ4n) is 1.82. The summed E-state index contributed by atoms with van der Waals surface area (Å²) in [7, 11) is 0. The van der Waals surface area contributed by atoms with Gasteiger partial charge in [0.05, 0.1) is 4.91 Å². The van der Waals surface area contributed by atoms with Crippen molar-refractivity contribution in [3.05, 3.63) is 33.1 Å². The molecule has 0 spiro atoms. The van der Waals surface area contributed by atoms with Crippen LogP contribution in [0.15, 0.2) is 32.6 Å². The number of halogens is 1. The minimum atomic E-state index is -0.0657. The van der Waals surface area contributed by atoms with Crippen molar-refractivity contribution in [2.24, 2.45) is 4.99 Å². The summed E-state index contributed by atoms with van der Waals surface area (Å²) in [6.07, 6.45) is 1.70. The van der Waals surface area contributed by atoms with Gasteiger partial charge in [-0.05, 0) is 49.9 Å². The van der Waals surface area contributed by atoms with E-state index in [0.717, 1.165) is 9.64 Å². The van der Waals surface area contributed by atoms with Crippen LogP contribution in [0.1, 0.15) is 19.4 Å². The van der Waals surface area contributed by atoms with Crippen molar-refractivity contribution in [2.75, 3.05) is 13.1 Å². The number of hydrogen-bond acceptors (Lipinski definition) is 4. The monoisotopic (exact) mass is 354 g/mol. The highest BCUT2D eigenvalue weighted by Gasteiger charge is 2.31. The van der Waals surface area contributed by atoms with Crippen molar-refractivity contribution in [1.29, 1.82) is 0 Å². The maximum Gasteiger partial charge on any atom is 0.266 e. The number of amidine groups is 1. The van der Waals surface area contributed by atoms with E-state index >= 15 is 0 Å². The van der Waals surface area contributed by atoms with Crippen LogP contribution in [-0.2, 0) is 4.79 Å². The summed E-state index contributed by atoms with van der Waals surface area (Å²) >= 11 is 4.70. The highest BCUT2D eigenvalue weighted by molar-refractivity contribution is 9.10. The van der Waals surface area contributed by atoms with E-state index in [0.29, 0.717) is 23.6 Å². The minimum absolute atomic E-state index is 0.0657. The first-order chi connectivity index (χ1) is 9.56. The Morgan fingerprint density at radius 1 is 1.45 bits per heavy atom. The normalized spacial score (nSPS) is 19.4. The van der Waals surface area contributed by atoms with Crippen LogP contribution in [0.2, 0.25) is 0 Å². The van der Waals surface area contributed by atoms with Crippen molar-refractivity contribution in [1.82, 2.24) is 4.90 Å². The van der Waals surface area contributed by atoms with Gasteiger partial charge in [0.1, 0.15) is 5.75 Å².